The fourth-order valence-corrected chi connectivity index (χ4v) is 2.55. The summed E-state index contributed by atoms with van der Waals surface area (Å²) in [7, 11) is 1.49. The van der Waals surface area contributed by atoms with Gasteiger partial charge in [-0.1, -0.05) is 24.3 Å². The third kappa shape index (κ3) is 1.32. The second-order valence-electron chi connectivity index (χ2n) is 4.43. The summed E-state index contributed by atoms with van der Waals surface area (Å²) in [5, 5.41) is 0. The second-order valence-corrected chi connectivity index (χ2v) is 4.43. The van der Waals surface area contributed by atoms with Crippen molar-refractivity contribution in [2.75, 3.05) is 7.11 Å². The molecule has 0 N–H and O–H groups in total. The van der Waals surface area contributed by atoms with Gasteiger partial charge in [-0.15, -0.1) is 0 Å². The molecule has 1 aliphatic carbocycles. The molecule has 1 aliphatic heterocycles. The van der Waals surface area contributed by atoms with E-state index in [0.717, 1.165) is 5.56 Å². The Kier molecular flexibility index (Phi) is 2.26. The zero-order valence-corrected chi connectivity index (χ0v) is 9.93. The first-order valence-corrected chi connectivity index (χ1v) is 5.79. The van der Waals surface area contributed by atoms with Crippen molar-refractivity contribution in [1.29, 1.82) is 0 Å². The van der Waals surface area contributed by atoms with Crippen LogP contribution >= 0.6 is 0 Å². The molecule has 1 atom stereocenters. The summed E-state index contributed by atoms with van der Waals surface area (Å²) in [5.41, 5.74) is 0.140. The third-order valence-corrected chi connectivity index (χ3v) is 3.45. The summed E-state index contributed by atoms with van der Waals surface area (Å²) in [5.74, 6) is -0.133. The lowest BCUT2D eigenvalue weighted by Crippen LogP contribution is -2.43. The van der Waals surface area contributed by atoms with Crippen LogP contribution in [-0.2, 0) is 14.3 Å². The quantitative estimate of drug-likeness (QED) is 0.708. The zero-order valence-electron chi connectivity index (χ0n) is 9.93. The van der Waals surface area contributed by atoms with E-state index >= 15 is 0 Å². The number of hydrogen-bond acceptors (Lipinski definition) is 4. The summed E-state index contributed by atoms with van der Waals surface area (Å²) in [6.45, 7) is 0. The summed E-state index contributed by atoms with van der Waals surface area (Å²) in [6.07, 6.45) is 2.36. The van der Waals surface area contributed by atoms with Gasteiger partial charge in [0.25, 0.3) is 0 Å². The predicted molar refractivity (Wildman–Crippen MR) is 63.8 cm³/mol. The number of carbonyl (C=O) groups is 2. The number of hydrogen-bond donors (Lipinski definition) is 0. The molecule has 92 valence electrons. The number of ketones is 1. The number of esters is 1. The molecule has 0 aromatic heterocycles. The first kappa shape index (κ1) is 11.0. The molecular weight excluding hydrogens is 232 g/mol. The lowest BCUT2D eigenvalue weighted by atomic mass is 9.81. The van der Waals surface area contributed by atoms with Crippen LogP contribution in [0.5, 0.6) is 0 Å². The first-order valence-electron chi connectivity index (χ1n) is 5.79. The number of methoxy groups -OCH3 is 1. The molecule has 0 saturated carbocycles. The molecule has 1 saturated heterocycles. The van der Waals surface area contributed by atoms with Gasteiger partial charge < -0.3 is 9.47 Å². The monoisotopic (exact) mass is 244 g/mol. The van der Waals surface area contributed by atoms with Crippen molar-refractivity contribution in [1.82, 2.24) is 0 Å². The molecule has 1 aromatic carbocycles. The van der Waals surface area contributed by atoms with E-state index in [4.69, 9.17) is 9.47 Å². The minimum Gasteiger partial charge on any atom is -0.496 e. The Labute approximate surface area is 104 Å². The van der Waals surface area contributed by atoms with Gasteiger partial charge in [0, 0.05) is 12.0 Å². The van der Waals surface area contributed by atoms with Crippen LogP contribution < -0.4 is 0 Å². The van der Waals surface area contributed by atoms with Crippen molar-refractivity contribution in [2.24, 2.45) is 0 Å². The number of Topliss-reactive ketones (excluding diaryl/α,β-unsaturated/α-hetero) is 1. The number of rotatable bonds is 1. The topological polar surface area (TPSA) is 52.6 Å². The van der Waals surface area contributed by atoms with Gasteiger partial charge in [-0.05, 0) is 11.6 Å². The molecule has 4 heteroatoms. The highest BCUT2D eigenvalue weighted by molar-refractivity contribution is 6.11. The Morgan fingerprint density at radius 1 is 1.28 bits per heavy atom. The van der Waals surface area contributed by atoms with Gasteiger partial charge in [0.1, 0.15) is 5.76 Å². The van der Waals surface area contributed by atoms with Crippen molar-refractivity contribution in [2.45, 2.75) is 18.4 Å². The largest absolute Gasteiger partial charge is 0.496 e. The lowest BCUT2D eigenvalue weighted by molar-refractivity contribution is -0.145. The van der Waals surface area contributed by atoms with Crippen molar-refractivity contribution in [3.63, 3.8) is 0 Å². The van der Waals surface area contributed by atoms with Gasteiger partial charge in [0.2, 0.25) is 11.4 Å². The van der Waals surface area contributed by atoms with Gasteiger partial charge in [-0.3, -0.25) is 9.59 Å². The van der Waals surface area contributed by atoms with Gasteiger partial charge in [0.05, 0.1) is 13.5 Å². The minimum absolute atomic E-state index is 0.191. The summed E-state index contributed by atoms with van der Waals surface area (Å²) in [6, 6.07) is 7.24. The van der Waals surface area contributed by atoms with E-state index in [1.807, 2.05) is 12.1 Å². The van der Waals surface area contributed by atoms with Crippen LogP contribution in [0.15, 0.2) is 30.0 Å². The fourth-order valence-electron chi connectivity index (χ4n) is 2.55. The van der Waals surface area contributed by atoms with E-state index in [-0.39, 0.29) is 18.2 Å². The van der Waals surface area contributed by atoms with Crippen LogP contribution in [0.2, 0.25) is 0 Å². The molecule has 0 amide bonds. The van der Waals surface area contributed by atoms with Gasteiger partial charge >= 0.3 is 5.97 Å². The average molecular weight is 244 g/mol. The van der Waals surface area contributed by atoms with Crippen LogP contribution in [0.4, 0.5) is 0 Å². The first-order chi connectivity index (χ1) is 8.67. The Morgan fingerprint density at radius 3 is 2.72 bits per heavy atom. The molecule has 0 bridgehead atoms. The molecule has 1 aromatic rings. The van der Waals surface area contributed by atoms with E-state index in [1.54, 1.807) is 18.2 Å². The highest BCUT2D eigenvalue weighted by atomic mass is 16.6. The number of benzene rings is 1. The molecule has 3 rings (SSSR count). The molecule has 18 heavy (non-hydrogen) atoms. The van der Waals surface area contributed by atoms with E-state index < -0.39 is 5.60 Å². The van der Waals surface area contributed by atoms with E-state index in [9.17, 15) is 9.59 Å². The normalized spacial score (nSPS) is 25.7. The van der Waals surface area contributed by atoms with E-state index in [2.05, 4.69) is 0 Å². The summed E-state index contributed by atoms with van der Waals surface area (Å²) < 4.78 is 10.5. The minimum atomic E-state index is -1.24. The van der Waals surface area contributed by atoms with Crippen LogP contribution in [0, 0.1) is 0 Å². The number of ether oxygens (including phenoxy) is 2. The molecule has 2 aliphatic rings. The highest BCUT2D eigenvalue weighted by Crippen LogP contribution is 2.41. The van der Waals surface area contributed by atoms with Gasteiger partial charge in [-0.25, -0.2) is 0 Å². The number of fused-ring (bicyclic) bond motifs is 1. The Bertz CT molecular complexity index is 573. The van der Waals surface area contributed by atoms with Crippen LogP contribution in [0.25, 0.3) is 6.08 Å². The molecule has 1 spiro atoms. The SMILES string of the molecule is COC1=Cc2ccccc2C(=O)[C@@]12CCC(=O)O2. The summed E-state index contributed by atoms with van der Waals surface area (Å²) >= 11 is 0. The van der Waals surface area contributed by atoms with E-state index in [1.165, 1.54) is 7.11 Å². The summed E-state index contributed by atoms with van der Waals surface area (Å²) in [4.78, 5) is 23.9. The fraction of sp³-hybridized carbons (Fsp3) is 0.286. The highest BCUT2D eigenvalue weighted by Gasteiger charge is 2.53. The average Bonchev–Trinajstić information content (AvgIpc) is 2.77. The maximum atomic E-state index is 12.6. The molecule has 0 radical (unpaired) electrons. The smallest absolute Gasteiger partial charge is 0.307 e. The molecule has 4 nitrogen and oxygen atoms in total. The maximum absolute atomic E-state index is 12.6. The predicted octanol–water partition coefficient (Wildman–Crippen LogP) is 1.95. The lowest BCUT2D eigenvalue weighted by Gasteiger charge is -2.31. The number of carbonyl (C=O) groups excluding carboxylic acids is 2. The van der Waals surface area contributed by atoms with Crippen molar-refractivity contribution in [3.05, 3.63) is 41.2 Å². The van der Waals surface area contributed by atoms with Crippen molar-refractivity contribution >= 4 is 17.8 Å². The Morgan fingerprint density at radius 2 is 2.06 bits per heavy atom. The van der Waals surface area contributed by atoms with Crippen LogP contribution in [-0.4, -0.2) is 24.5 Å². The maximum Gasteiger partial charge on any atom is 0.307 e. The molecular formula is C14H12O4. The molecule has 0 unspecified atom stereocenters. The van der Waals surface area contributed by atoms with Crippen molar-refractivity contribution in [3.8, 4) is 0 Å². The van der Waals surface area contributed by atoms with Crippen LogP contribution in [0.3, 0.4) is 0 Å². The van der Waals surface area contributed by atoms with Crippen LogP contribution in [0.1, 0.15) is 28.8 Å². The van der Waals surface area contributed by atoms with Crippen molar-refractivity contribution < 1.29 is 19.1 Å². The third-order valence-electron chi connectivity index (χ3n) is 3.45. The molecule has 1 fully saturated rings. The van der Waals surface area contributed by atoms with E-state index in [0.29, 0.717) is 17.7 Å². The Balaban J connectivity index is 2.19. The Hall–Kier alpha value is -2.10. The standard InChI is InChI=1S/C14H12O4/c1-17-11-8-9-4-2-3-5-10(9)13(16)14(11)7-6-12(15)18-14/h2-5,8H,6-7H2,1H3/t14-/m1/s1. The van der Waals surface area contributed by atoms with Gasteiger partial charge in [0.15, 0.2) is 0 Å². The van der Waals surface area contributed by atoms with Gasteiger partial charge in [-0.2, -0.15) is 0 Å². The second kappa shape index (κ2) is 3.70. The molecule has 1 heterocycles. The zero-order chi connectivity index (χ0) is 12.8.